The van der Waals surface area contributed by atoms with Crippen molar-refractivity contribution in [2.75, 3.05) is 17.3 Å². The largest absolute Gasteiger partial charge is 0.396 e. The number of nitrogens with zero attached hydrogens (tertiary/aromatic N) is 2. The number of hydrogen-bond acceptors (Lipinski definition) is 6. The molecule has 1 atom stereocenters. The molecule has 2 rings (SSSR count). The molecule has 1 aromatic carbocycles. The maximum Gasteiger partial charge on any atom is 0.269 e. The van der Waals surface area contributed by atoms with Crippen LogP contribution in [-0.2, 0) is 9.59 Å². The summed E-state index contributed by atoms with van der Waals surface area (Å²) in [5.41, 5.74) is 0.233. The van der Waals surface area contributed by atoms with Crippen molar-refractivity contribution in [1.29, 1.82) is 0 Å². The van der Waals surface area contributed by atoms with Crippen molar-refractivity contribution in [1.82, 2.24) is 0 Å². The molecule has 0 aliphatic carbocycles. The molecule has 2 amide bonds. The van der Waals surface area contributed by atoms with Crippen LogP contribution >= 0.6 is 11.8 Å². The molecule has 0 unspecified atom stereocenters. The first-order valence-electron chi connectivity index (χ1n) is 5.88. The fraction of sp³-hybridized carbons (Fsp3) is 0.333. The highest BCUT2D eigenvalue weighted by Gasteiger charge is 2.39. The lowest BCUT2D eigenvalue weighted by molar-refractivity contribution is -0.384. The fourth-order valence-corrected chi connectivity index (χ4v) is 2.82. The number of aliphatic hydroxyl groups is 1. The van der Waals surface area contributed by atoms with Crippen LogP contribution in [0.4, 0.5) is 11.4 Å². The number of non-ortho nitro benzene ring substituents is 1. The Bertz CT molecular complexity index is 545. The minimum Gasteiger partial charge on any atom is -0.396 e. The zero-order chi connectivity index (χ0) is 14.7. The molecule has 1 fully saturated rings. The van der Waals surface area contributed by atoms with Crippen molar-refractivity contribution >= 4 is 35.0 Å². The van der Waals surface area contributed by atoms with Gasteiger partial charge in [-0.15, -0.1) is 11.8 Å². The summed E-state index contributed by atoms with van der Waals surface area (Å²) < 4.78 is 0. The minimum atomic E-state index is -0.544. The lowest BCUT2D eigenvalue weighted by Crippen LogP contribution is -2.31. The molecule has 0 spiro atoms. The Morgan fingerprint density at radius 2 is 2.00 bits per heavy atom. The number of aliphatic hydroxyl groups excluding tert-OH is 1. The van der Waals surface area contributed by atoms with Gasteiger partial charge in [-0.05, 0) is 12.1 Å². The summed E-state index contributed by atoms with van der Waals surface area (Å²) in [5.74, 6) is -0.292. The van der Waals surface area contributed by atoms with Crippen LogP contribution in [0.5, 0.6) is 0 Å². The van der Waals surface area contributed by atoms with Crippen LogP contribution in [0, 0.1) is 10.1 Å². The van der Waals surface area contributed by atoms with Crippen LogP contribution in [0.3, 0.4) is 0 Å². The van der Waals surface area contributed by atoms with Crippen molar-refractivity contribution in [3.8, 4) is 0 Å². The second-order valence-corrected chi connectivity index (χ2v) is 5.44. The Labute approximate surface area is 118 Å². The molecule has 0 bridgehead atoms. The zero-order valence-electron chi connectivity index (χ0n) is 10.4. The molecule has 1 aromatic rings. The Balaban J connectivity index is 2.17. The number of thioether (sulfide) groups is 1. The number of carbonyl (C=O) groups excluding carboxylic acids is 2. The highest BCUT2D eigenvalue weighted by Crippen LogP contribution is 2.30. The normalized spacial score (nSPS) is 18.6. The van der Waals surface area contributed by atoms with E-state index in [1.54, 1.807) is 0 Å². The summed E-state index contributed by atoms with van der Waals surface area (Å²) in [5, 5.41) is 18.8. The van der Waals surface area contributed by atoms with E-state index in [0.29, 0.717) is 11.4 Å². The number of imide groups is 1. The van der Waals surface area contributed by atoms with Gasteiger partial charge in [0.25, 0.3) is 5.69 Å². The van der Waals surface area contributed by atoms with E-state index in [4.69, 9.17) is 5.11 Å². The topological polar surface area (TPSA) is 101 Å². The molecular weight excluding hydrogens is 284 g/mol. The third-order valence-corrected chi connectivity index (χ3v) is 4.02. The van der Waals surface area contributed by atoms with Crippen molar-refractivity contribution < 1.29 is 19.6 Å². The van der Waals surface area contributed by atoms with Crippen molar-refractivity contribution in [3.63, 3.8) is 0 Å². The third kappa shape index (κ3) is 2.81. The second-order valence-electron chi connectivity index (χ2n) is 4.13. The summed E-state index contributed by atoms with van der Waals surface area (Å²) in [6, 6.07) is 5.27. The Kier molecular flexibility index (Phi) is 4.35. The summed E-state index contributed by atoms with van der Waals surface area (Å²) in [6.07, 6.45) is 0.0838. The molecule has 0 radical (unpaired) electrons. The number of amides is 2. The second kappa shape index (κ2) is 6.02. The van der Waals surface area contributed by atoms with Crippen LogP contribution in [0.25, 0.3) is 0 Å². The number of anilines is 1. The van der Waals surface area contributed by atoms with Gasteiger partial charge in [0, 0.05) is 24.3 Å². The van der Waals surface area contributed by atoms with E-state index in [9.17, 15) is 19.7 Å². The first-order chi connectivity index (χ1) is 9.54. The number of nitro benzene ring substituents is 1. The van der Waals surface area contributed by atoms with Gasteiger partial charge in [0.05, 0.1) is 22.5 Å². The number of hydrogen-bond donors (Lipinski definition) is 1. The SMILES string of the molecule is O=C1C[C@H](SCCO)C(=O)N1c1ccc([N+](=O)[O-])cc1. The smallest absolute Gasteiger partial charge is 0.269 e. The average Bonchev–Trinajstić information content (AvgIpc) is 2.71. The maximum absolute atomic E-state index is 12.1. The van der Waals surface area contributed by atoms with Crippen LogP contribution in [0.2, 0.25) is 0 Å². The van der Waals surface area contributed by atoms with Crippen LogP contribution < -0.4 is 4.90 Å². The van der Waals surface area contributed by atoms with Gasteiger partial charge in [0.15, 0.2) is 0 Å². The average molecular weight is 296 g/mol. The summed E-state index contributed by atoms with van der Waals surface area (Å²) >= 11 is 1.23. The zero-order valence-corrected chi connectivity index (χ0v) is 11.2. The van der Waals surface area contributed by atoms with E-state index in [2.05, 4.69) is 0 Å². The van der Waals surface area contributed by atoms with E-state index in [-0.39, 0.29) is 30.5 Å². The summed E-state index contributed by atoms with van der Waals surface area (Å²) in [6.45, 7) is -0.0554. The predicted molar refractivity (Wildman–Crippen MR) is 73.5 cm³/mol. The van der Waals surface area contributed by atoms with Gasteiger partial charge in [0.2, 0.25) is 11.8 Å². The quantitative estimate of drug-likeness (QED) is 0.493. The molecule has 0 saturated carbocycles. The van der Waals surface area contributed by atoms with Gasteiger partial charge < -0.3 is 5.11 Å². The molecule has 106 valence electrons. The Hall–Kier alpha value is -1.93. The van der Waals surface area contributed by atoms with Gasteiger partial charge in [-0.1, -0.05) is 0 Å². The number of carbonyl (C=O) groups is 2. The highest BCUT2D eigenvalue weighted by atomic mass is 32.2. The molecule has 1 aliphatic rings. The number of nitro groups is 1. The van der Waals surface area contributed by atoms with Gasteiger partial charge in [-0.3, -0.25) is 19.7 Å². The molecule has 7 nitrogen and oxygen atoms in total. The van der Waals surface area contributed by atoms with Gasteiger partial charge in [-0.25, -0.2) is 4.90 Å². The monoisotopic (exact) mass is 296 g/mol. The maximum atomic E-state index is 12.1. The van der Waals surface area contributed by atoms with E-state index in [1.807, 2.05) is 0 Å². The standard InChI is InChI=1S/C12H12N2O5S/c15-5-6-20-10-7-11(16)13(12(10)17)8-1-3-9(4-2-8)14(18)19/h1-4,10,15H,5-7H2/t10-/m0/s1. The Morgan fingerprint density at radius 1 is 1.35 bits per heavy atom. The lowest BCUT2D eigenvalue weighted by Gasteiger charge is -2.14. The minimum absolute atomic E-state index is 0.0554. The molecule has 8 heteroatoms. The summed E-state index contributed by atoms with van der Waals surface area (Å²) in [7, 11) is 0. The molecule has 0 aromatic heterocycles. The van der Waals surface area contributed by atoms with Crippen LogP contribution in [-0.4, -0.2) is 39.5 Å². The van der Waals surface area contributed by atoms with Gasteiger partial charge in [-0.2, -0.15) is 0 Å². The Morgan fingerprint density at radius 3 is 2.55 bits per heavy atom. The van der Waals surface area contributed by atoms with Crippen LogP contribution in [0.1, 0.15) is 6.42 Å². The third-order valence-electron chi connectivity index (χ3n) is 2.83. The molecule has 20 heavy (non-hydrogen) atoms. The van der Waals surface area contributed by atoms with Crippen LogP contribution in [0.15, 0.2) is 24.3 Å². The molecule has 1 saturated heterocycles. The molecule has 1 heterocycles. The van der Waals surface area contributed by atoms with Crippen molar-refractivity contribution in [2.24, 2.45) is 0 Å². The highest BCUT2D eigenvalue weighted by molar-refractivity contribution is 8.00. The first kappa shape index (κ1) is 14.5. The van der Waals surface area contributed by atoms with Crippen molar-refractivity contribution in [2.45, 2.75) is 11.7 Å². The molecular formula is C12H12N2O5S. The van der Waals surface area contributed by atoms with Gasteiger partial charge in [0.1, 0.15) is 0 Å². The van der Waals surface area contributed by atoms with E-state index in [0.717, 1.165) is 4.90 Å². The fourth-order valence-electron chi connectivity index (χ4n) is 1.92. The number of rotatable bonds is 5. The summed E-state index contributed by atoms with van der Waals surface area (Å²) in [4.78, 5) is 35.0. The van der Waals surface area contributed by atoms with E-state index in [1.165, 1.54) is 36.0 Å². The van der Waals surface area contributed by atoms with E-state index < -0.39 is 10.2 Å². The lowest BCUT2D eigenvalue weighted by atomic mass is 10.2. The molecule has 1 N–H and O–H groups in total. The van der Waals surface area contributed by atoms with Gasteiger partial charge >= 0.3 is 0 Å². The van der Waals surface area contributed by atoms with Crippen molar-refractivity contribution in [3.05, 3.63) is 34.4 Å². The first-order valence-corrected chi connectivity index (χ1v) is 6.93. The number of benzene rings is 1. The van der Waals surface area contributed by atoms with E-state index >= 15 is 0 Å². The molecule has 1 aliphatic heterocycles. The predicted octanol–water partition coefficient (Wildman–Crippen LogP) is 0.952.